The molecule has 0 amide bonds. The van der Waals surface area contributed by atoms with Gasteiger partial charge < -0.3 is 10.6 Å². The van der Waals surface area contributed by atoms with Gasteiger partial charge in [-0.05, 0) is 27.7 Å². The Labute approximate surface area is 148 Å². The van der Waals surface area contributed by atoms with E-state index < -0.39 is 27.0 Å². The lowest BCUT2D eigenvalue weighted by molar-refractivity contribution is -0.137. The van der Waals surface area contributed by atoms with Gasteiger partial charge in [0.05, 0.1) is 22.8 Å². The third-order valence-electron chi connectivity index (χ3n) is 3.42. The van der Waals surface area contributed by atoms with Crippen molar-refractivity contribution in [3.63, 3.8) is 0 Å². The van der Waals surface area contributed by atoms with E-state index >= 15 is 0 Å². The van der Waals surface area contributed by atoms with Gasteiger partial charge in [0, 0.05) is 12.7 Å². The van der Waals surface area contributed by atoms with Crippen molar-refractivity contribution in [3.8, 4) is 0 Å². The lowest BCUT2D eigenvalue weighted by Gasteiger charge is -2.13. The topological polar surface area (TPSA) is 102 Å². The van der Waals surface area contributed by atoms with Gasteiger partial charge in [-0.1, -0.05) is 0 Å². The zero-order valence-corrected chi connectivity index (χ0v) is 15.4. The van der Waals surface area contributed by atoms with E-state index in [0.29, 0.717) is 11.9 Å². The maximum Gasteiger partial charge on any atom is 0.421 e. The molecular weight excluding hydrogens is 373 g/mol. The van der Waals surface area contributed by atoms with Crippen molar-refractivity contribution in [3.05, 3.63) is 23.7 Å². The second-order valence-electron chi connectivity index (χ2n) is 5.70. The van der Waals surface area contributed by atoms with Crippen LogP contribution in [0.3, 0.4) is 0 Å². The summed E-state index contributed by atoms with van der Waals surface area (Å²) in [4.78, 5) is 7.49. The van der Waals surface area contributed by atoms with Crippen LogP contribution in [0.1, 0.15) is 32.0 Å². The van der Waals surface area contributed by atoms with Crippen LogP contribution in [-0.2, 0) is 16.2 Å². The van der Waals surface area contributed by atoms with Gasteiger partial charge in [-0.3, -0.25) is 0 Å². The largest absolute Gasteiger partial charge is 0.421 e. The number of nitrogens with zero attached hydrogens (tertiary/aromatic N) is 4. The Morgan fingerprint density at radius 2 is 1.96 bits per heavy atom. The van der Waals surface area contributed by atoms with Crippen LogP contribution in [0.25, 0.3) is 0 Å². The van der Waals surface area contributed by atoms with Crippen LogP contribution in [0.4, 0.5) is 30.6 Å². The SMILES string of the molecule is CCNc1nc(Nc2cn(S(=O)(=O)C(C)C)nc2C)ncc1C(F)(F)F. The van der Waals surface area contributed by atoms with Gasteiger partial charge in [0.1, 0.15) is 11.4 Å². The number of aromatic nitrogens is 4. The summed E-state index contributed by atoms with van der Waals surface area (Å²) in [5.74, 6) is -0.476. The number of aryl methyl sites for hydroxylation is 1. The summed E-state index contributed by atoms with van der Waals surface area (Å²) in [6.45, 7) is 6.47. The molecule has 0 aliphatic rings. The van der Waals surface area contributed by atoms with Crippen LogP contribution in [0.15, 0.2) is 12.4 Å². The summed E-state index contributed by atoms with van der Waals surface area (Å²) in [7, 11) is -3.65. The zero-order chi connectivity index (χ0) is 19.7. The van der Waals surface area contributed by atoms with E-state index in [2.05, 4.69) is 25.7 Å². The molecule has 8 nitrogen and oxygen atoms in total. The first kappa shape index (κ1) is 19.9. The van der Waals surface area contributed by atoms with Gasteiger partial charge in [-0.15, -0.1) is 0 Å². The van der Waals surface area contributed by atoms with E-state index in [9.17, 15) is 21.6 Å². The van der Waals surface area contributed by atoms with E-state index in [-0.39, 0.29) is 24.0 Å². The summed E-state index contributed by atoms with van der Waals surface area (Å²) >= 11 is 0. The summed E-state index contributed by atoms with van der Waals surface area (Å²) in [5, 5.41) is 8.49. The van der Waals surface area contributed by atoms with Gasteiger partial charge in [0.2, 0.25) is 5.95 Å². The van der Waals surface area contributed by atoms with Crippen LogP contribution in [0.5, 0.6) is 0 Å². The highest BCUT2D eigenvalue weighted by atomic mass is 32.2. The third-order valence-corrected chi connectivity index (χ3v) is 5.32. The van der Waals surface area contributed by atoms with E-state index in [1.54, 1.807) is 13.8 Å². The van der Waals surface area contributed by atoms with Gasteiger partial charge in [-0.25, -0.2) is 13.4 Å². The quantitative estimate of drug-likeness (QED) is 0.779. The third kappa shape index (κ3) is 4.06. The van der Waals surface area contributed by atoms with E-state index in [4.69, 9.17) is 0 Å². The Hall–Kier alpha value is -2.37. The molecule has 0 radical (unpaired) electrons. The molecule has 0 aliphatic carbocycles. The van der Waals surface area contributed by atoms with Crippen LogP contribution in [-0.4, -0.2) is 39.4 Å². The lowest BCUT2D eigenvalue weighted by atomic mass is 10.3. The fraction of sp³-hybridized carbons (Fsp3) is 0.500. The van der Waals surface area contributed by atoms with Gasteiger partial charge in [-0.2, -0.15) is 27.3 Å². The summed E-state index contributed by atoms with van der Waals surface area (Å²) < 4.78 is 64.1. The predicted octanol–water partition coefficient (Wildman–Crippen LogP) is 2.76. The molecule has 0 atom stereocenters. The van der Waals surface area contributed by atoms with Crippen LogP contribution < -0.4 is 10.6 Å². The fourth-order valence-corrected chi connectivity index (χ4v) is 2.90. The highest BCUT2D eigenvalue weighted by Gasteiger charge is 2.35. The number of nitrogens with one attached hydrogen (secondary N) is 2. The standard InChI is InChI=1S/C14H19F3N6O2S/c1-5-18-12-10(14(15,16)17)6-19-13(21-12)20-11-7-23(22-9(11)4)26(24,25)8(2)3/h6-8H,5H2,1-4H3,(H2,18,19,20,21). The minimum absolute atomic E-state index is 0.112. The Kier molecular flexibility index (Phi) is 5.44. The Morgan fingerprint density at radius 1 is 1.31 bits per heavy atom. The van der Waals surface area contributed by atoms with Crippen molar-refractivity contribution in [1.29, 1.82) is 0 Å². The minimum atomic E-state index is -4.60. The fourth-order valence-electron chi connectivity index (χ4n) is 1.98. The number of alkyl halides is 3. The highest BCUT2D eigenvalue weighted by Crippen LogP contribution is 2.34. The molecule has 0 saturated heterocycles. The molecule has 0 bridgehead atoms. The lowest BCUT2D eigenvalue weighted by Crippen LogP contribution is -2.22. The Morgan fingerprint density at radius 3 is 2.50 bits per heavy atom. The normalized spacial score (nSPS) is 12.5. The minimum Gasteiger partial charge on any atom is -0.370 e. The molecular formula is C14H19F3N6O2S. The molecule has 0 aliphatic heterocycles. The first-order valence-electron chi connectivity index (χ1n) is 7.72. The highest BCUT2D eigenvalue weighted by molar-refractivity contribution is 7.90. The zero-order valence-electron chi connectivity index (χ0n) is 14.6. The van der Waals surface area contributed by atoms with Crippen molar-refractivity contribution in [2.45, 2.75) is 39.1 Å². The smallest absolute Gasteiger partial charge is 0.370 e. The molecule has 0 saturated carbocycles. The number of rotatable bonds is 6. The average molecular weight is 392 g/mol. The van der Waals surface area contributed by atoms with Gasteiger partial charge in [0.25, 0.3) is 10.0 Å². The van der Waals surface area contributed by atoms with Crippen LogP contribution in [0, 0.1) is 6.92 Å². The number of anilines is 3. The Balaban J connectivity index is 2.38. The molecule has 2 rings (SSSR count). The second-order valence-corrected chi connectivity index (χ2v) is 8.05. The van der Waals surface area contributed by atoms with Gasteiger partial charge in [0.15, 0.2) is 0 Å². The van der Waals surface area contributed by atoms with Gasteiger partial charge >= 0.3 is 6.18 Å². The second kappa shape index (κ2) is 7.09. The van der Waals surface area contributed by atoms with Crippen molar-refractivity contribution in [2.24, 2.45) is 0 Å². The van der Waals surface area contributed by atoms with Crippen LogP contribution in [0.2, 0.25) is 0 Å². The molecule has 0 unspecified atom stereocenters. The van der Waals surface area contributed by atoms with E-state index in [0.717, 1.165) is 4.09 Å². The molecule has 2 aromatic heterocycles. The molecule has 12 heteroatoms. The molecule has 2 aromatic rings. The number of hydrogen-bond acceptors (Lipinski definition) is 7. The summed E-state index contributed by atoms with van der Waals surface area (Å²) in [5.41, 5.74) is -0.376. The maximum atomic E-state index is 13.0. The maximum absolute atomic E-state index is 13.0. The van der Waals surface area contributed by atoms with E-state index in [1.165, 1.54) is 20.0 Å². The molecule has 2 heterocycles. The van der Waals surface area contributed by atoms with Crippen LogP contribution >= 0.6 is 0 Å². The predicted molar refractivity (Wildman–Crippen MR) is 90.9 cm³/mol. The monoisotopic (exact) mass is 392 g/mol. The van der Waals surface area contributed by atoms with Crippen molar-refractivity contribution >= 4 is 27.5 Å². The molecule has 26 heavy (non-hydrogen) atoms. The average Bonchev–Trinajstić information content (AvgIpc) is 2.88. The van der Waals surface area contributed by atoms with Crippen molar-refractivity contribution in [2.75, 3.05) is 17.2 Å². The number of halogens is 3. The van der Waals surface area contributed by atoms with Crippen molar-refractivity contribution in [1.82, 2.24) is 19.2 Å². The first-order chi connectivity index (χ1) is 12.0. The summed E-state index contributed by atoms with van der Waals surface area (Å²) in [6, 6.07) is 0. The molecule has 0 fully saturated rings. The van der Waals surface area contributed by atoms with Crippen molar-refractivity contribution < 1.29 is 21.6 Å². The Bertz CT molecular complexity index is 893. The molecule has 2 N–H and O–H groups in total. The molecule has 0 aromatic carbocycles. The van der Waals surface area contributed by atoms with E-state index in [1.807, 2.05) is 0 Å². The number of hydrogen-bond donors (Lipinski definition) is 2. The first-order valence-corrected chi connectivity index (χ1v) is 9.23. The molecule has 0 spiro atoms. The summed E-state index contributed by atoms with van der Waals surface area (Å²) in [6.07, 6.45) is -2.70. The molecule has 144 valence electrons.